The van der Waals surface area contributed by atoms with Crippen LogP contribution in [0.3, 0.4) is 0 Å². The summed E-state index contributed by atoms with van der Waals surface area (Å²) in [5, 5.41) is 14.5. The lowest BCUT2D eigenvalue weighted by Gasteiger charge is -2.09. The van der Waals surface area contributed by atoms with E-state index >= 15 is 0 Å². The van der Waals surface area contributed by atoms with Gasteiger partial charge in [-0.25, -0.2) is 4.98 Å². The van der Waals surface area contributed by atoms with Gasteiger partial charge in [0, 0.05) is 22.0 Å². The van der Waals surface area contributed by atoms with Crippen LogP contribution in [0.15, 0.2) is 63.5 Å². The molecule has 0 radical (unpaired) electrons. The topological polar surface area (TPSA) is 81.9 Å². The van der Waals surface area contributed by atoms with Crippen molar-refractivity contribution in [2.24, 2.45) is 0 Å². The van der Waals surface area contributed by atoms with Gasteiger partial charge >= 0.3 is 0 Å². The molecule has 2 heterocycles. The van der Waals surface area contributed by atoms with Crippen LogP contribution in [0.25, 0.3) is 11.3 Å². The lowest BCUT2D eigenvalue weighted by atomic mass is 10.2. The van der Waals surface area contributed by atoms with E-state index in [9.17, 15) is 4.79 Å². The first kappa shape index (κ1) is 23.5. The number of aromatic nitrogens is 4. The molecule has 0 aliphatic carbocycles. The summed E-state index contributed by atoms with van der Waals surface area (Å²) in [5.41, 5.74) is 3.01. The predicted molar refractivity (Wildman–Crippen MR) is 136 cm³/mol. The predicted octanol–water partition coefficient (Wildman–Crippen LogP) is 5.80. The normalized spacial score (nSPS) is 10.9. The Kier molecular flexibility index (Phi) is 7.79. The minimum absolute atomic E-state index is 0.139. The molecule has 0 fully saturated rings. The van der Waals surface area contributed by atoms with E-state index in [1.807, 2.05) is 72.3 Å². The maximum atomic E-state index is 12.5. The smallest absolute Gasteiger partial charge is 0.236 e. The average molecular weight is 545 g/mol. The van der Waals surface area contributed by atoms with Crippen molar-refractivity contribution < 1.29 is 9.53 Å². The number of anilines is 1. The zero-order chi connectivity index (χ0) is 23.2. The van der Waals surface area contributed by atoms with Gasteiger partial charge in [-0.2, -0.15) is 0 Å². The molecule has 10 heteroatoms. The van der Waals surface area contributed by atoms with Crippen LogP contribution in [0.1, 0.15) is 18.3 Å². The Morgan fingerprint density at radius 2 is 1.91 bits per heavy atom. The Hall–Kier alpha value is -2.69. The van der Waals surface area contributed by atoms with E-state index in [1.54, 1.807) is 0 Å². The number of hydrogen-bond donors (Lipinski definition) is 1. The van der Waals surface area contributed by atoms with Crippen LogP contribution < -0.4 is 10.1 Å². The number of hydrogen-bond acceptors (Lipinski definition) is 7. The van der Waals surface area contributed by atoms with Crippen LogP contribution in [0.4, 0.5) is 5.13 Å². The molecule has 0 spiro atoms. The quantitative estimate of drug-likeness (QED) is 0.268. The van der Waals surface area contributed by atoms with Gasteiger partial charge in [0.2, 0.25) is 5.91 Å². The van der Waals surface area contributed by atoms with Crippen LogP contribution in [0.5, 0.6) is 5.75 Å². The number of amides is 1. The van der Waals surface area contributed by atoms with E-state index in [0.717, 1.165) is 27.3 Å². The second-order valence-corrected chi connectivity index (χ2v) is 9.84. The van der Waals surface area contributed by atoms with Crippen molar-refractivity contribution in [1.29, 1.82) is 0 Å². The molecule has 33 heavy (non-hydrogen) atoms. The molecule has 0 unspecified atom stereocenters. The van der Waals surface area contributed by atoms with E-state index in [4.69, 9.17) is 4.74 Å². The maximum Gasteiger partial charge on any atom is 0.236 e. The lowest BCUT2D eigenvalue weighted by Crippen LogP contribution is -2.14. The summed E-state index contributed by atoms with van der Waals surface area (Å²) in [6.45, 7) is 5.05. The Labute approximate surface area is 208 Å². The largest absolute Gasteiger partial charge is 0.486 e. The van der Waals surface area contributed by atoms with E-state index in [0.29, 0.717) is 23.4 Å². The third kappa shape index (κ3) is 6.21. The second kappa shape index (κ2) is 11.0. The van der Waals surface area contributed by atoms with Crippen molar-refractivity contribution in [1.82, 2.24) is 19.7 Å². The zero-order valence-corrected chi connectivity index (χ0v) is 21.3. The van der Waals surface area contributed by atoms with Crippen molar-refractivity contribution in [2.75, 3.05) is 11.1 Å². The molecule has 2 aromatic carbocycles. The molecule has 4 rings (SSSR count). The number of carbonyl (C=O) groups excluding carboxylic acids is 1. The highest BCUT2D eigenvalue weighted by Crippen LogP contribution is 2.26. The van der Waals surface area contributed by atoms with Gasteiger partial charge in [-0.1, -0.05) is 57.5 Å². The number of thiazole rings is 1. The maximum absolute atomic E-state index is 12.5. The number of carbonyl (C=O) groups is 1. The van der Waals surface area contributed by atoms with E-state index < -0.39 is 0 Å². The van der Waals surface area contributed by atoms with Crippen LogP contribution in [0.2, 0.25) is 0 Å². The molecule has 170 valence electrons. The summed E-state index contributed by atoms with van der Waals surface area (Å²) in [5.74, 6) is 1.58. The summed E-state index contributed by atoms with van der Waals surface area (Å²) in [6, 6.07) is 15.8. The van der Waals surface area contributed by atoms with Gasteiger partial charge in [0.05, 0.1) is 11.4 Å². The first-order valence-electron chi connectivity index (χ1n) is 10.3. The van der Waals surface area contributed by atoms with Crippen LogP contribution in [-0.2, 0) is 17.9 Å². The molecule has 4 aromatic rings. The fraction of sp³-hybridized carbons (Fsp3) is 0.217. The van der Waals surface area contributed by atoms with Gasteiger partial charge in [-0.3, -0.25) is 4.79 Å². The number of ether oxygens (including phenoxy) is 1. The summed E-state index contributed by atoms with van der Waals surface area (Å²) in [6.07, 6.45) is 0. The molecule has 0 bridgehead atoms. The monoisotopic (exact) mass is 543 g/mol. The zero-order valence-electron chi connectivity index (χ0n) is 18.1. The molecule has 0 saturated heterocycles. The van der Waals surface area contributed by atoms with Crippen molar-refractivity contribution >= 4 is 50.1 Å². The number of rotatable bonds is 9. The summed E-state index contributed by atoms with van der Waals surface area (Å²) < 4.78 is 8.80. The van der Waals surface area contributed by atoms with Gasteiger partial charge in [0.15, 0.2) is 16.1 Å². The highest BCUT2D eigenvalue weighted by atomic mass is 79.9. The van der Waals surface area contributed by atoms with Crippen molar-refractivity contribution in [3.63, 3.8) is 0 Å². The minimum Gasteiger partial charge on any atom is -0.486 e. The summed E-state index contributed by atoms with van der Waals surface area (Å²) in [4.78, 5) is 17.0. The molecular weight excluding hydrogens is 522 g/mol. The highest BCUT2D eigenvalue weighted by Gasteiger charge is 2.15. The van der Waals surface area contributed by atoms with Crippen LogP contribution in [-0.4, -0.2) is 31.4 Å². The standard InChI is InChI=1S/C23H22BrN5O2S2/c1-3-29-20(12-31-18-10-4-15(2)5-11-18)27-28-23(29)33-14-21(30)26-22-25-19(13-32-22)16-6-8-17(24)9-7-16/h4-11,13H,3,12,14H2,1-2H3,(H,25,26,30). The molecule has 1 amide bonds. The molecule has 7 nitrogen and oxygen atoms in total. The molecule has 0 aliphatic heterocycles. The third-order valence-electron chi connectivity index (χ3n) is 4.72. The number of thioether (sulfide) groups is 1. The number of benzene rings is 2. The Morgan fingerprint density at radius 1 is 1.15 bits per heavy atom. The fourth-order valence-corrected chi connectivity index (χ4v) is 4.82. The van der Waals surface area contributed by atoms with Crippen LogP contribution >= 0.6 is 39.0 Å². The van der Waals surface area contributed by atoms with Crippen molar-refractivity contribution in [2.45, 2.75) is 32.2 Å². The molecular formula is C23H22BrN5O2S2. The molecule has 0 saturated carbocycles. The van der Waals surface area contributed by atoms with Gasteiger partial charge in [-0.05, 0) is 38.1 Å². The Morgan fingerprint density at radius 3 is 2.64 bits per heavy atom. The summed E-state index contributed by atoms with van der Waals surface area (Å²) in [7, 11) is 0. The van der Waals surface area contributed by atoms with E-state index in [2.05, 4.69) is 36.4 Å². The fourth-order valence-electron chi connectivity index (χ4n) is 3.00. The minimum atomic E-state index is -0.139. The van der Waals surface area contributed by atoms with Gasteiger partial charge < -0.3 is 14.6 Å². The molecule has 2 aromatic heterocycles. The number of nitrogens with zero attached hydrogens (tertiary/aromatic N) is 4. The van der Waals surface area contributed by atoms with Crippen LogP contribution in [0, 0.1) is 6.92 Å². The first-order chi connectivity index (χ1) is 16.0. The van der Waals surface area contributed by atoms with E-state index in [-0.39, 0.29) is 11.7 Å². The van der Waals surface area contributed by atoms with Gasteiger partial charge in [0.1, 0.15) is 12.4 Å². The Balaban J connectivity index is 1.32. The van der Waals surface area contributed by atoms with Crippen molar-refractivity contribution in [3.05, 3.63) is 69.8 Å². The lowest BCUT2D eigenvalue weighted by molar-refractivity contribution is -0.113. The second-order valence-electron chi connectivity index (χ2n) is 7.13. The first-order valence-corrected chi connectivity index (χ1v) is 12.9. The molecule has 0 aliphatic rings. The molecule has 1 N–H and O–H groups in total. The highest BCUT2D eigenvalue weighted by molar-refractivity contribution is 9.10. The van der Waals surface area contributed by atoms with Crippen molar-refractivity contribution in [3.8, 4) is 17.0 Å². The van der Waals surface area contributed by atoms with E-state index in [1.165, 1.54) is 28.7 Å². The number of aryl methyl sites for hydroxylation is 1. The van der Waals surface area contributed by atoms with Gasteiger partial charge in [0.25, 0.3) is 0 Å². The average Bonchev–Trinajstić information content (AvgIpc) is 3.44. The number of nitrogens with one attached hydrogen (secondary N) is 1. The molecule has 0 atom stereocenters. The SMILES string of the molecule is CCn1c(COc2ccc(C)cc2)nnc1SCC(=O)Nc1nc(-c2ccc(Br)cc2)cs1. The van der Waals surface area contributed by atoms with Gasteiger partial charge in [-0.15, -0.1) is 21.5 Å². The Bertz CT molecular complexity index is 1220. The number of halogens is 1. The summed E-state index contributed by atoms with van der Waals surface area (Å²) >= 11 is 6.17. The third-order valence-corrected chi connectivity index (χ3v) is 6.97.